The summed E-state index contributed by atoms with van der Waals surface area (Å²) in [5.74, 6) is 0.914. The van der Waals surface area contributed by atoms with Gasteiger partial charge >= 0.3 is 0 Å². The Labute approximate surface area is 94.1 Å². The van der Waals surface area contributed by atoms with Crippen LogP contribution in [0.2, 0.25) is 0 Å². The molecule has 0 saturated heterocycles. The molecule has 90 valence electrons. The number of guanidine groups is 1. The van der Waals surface area contributed by atoms with Gasteiger partial charge in [-0.05, 0) is 34.4 Å². The number of likely N-dealkylation sites (N-methyl/N-ethyl adjacent to an activating group) is 1. The predicted octanol–water partition coefficient (Wildman–Crippen LogP) is 0.902. The molecule has 4 heteroatoms. The van der Waals surface area contributed by atoms with Crippen LogP contribution >= 0.6 is 0 Å². The standard InChI is InChI=1S/C11H26N4/c1-6-12-11(14-10(3)4)13-8-9-15(5)7-2/h10H,6-9H2,1-5H3,(H2,12,13,14). The van der Waals surface area contributed by atoms with Gasteiger partial charge in [0.2, 0.25) is 0 Å². The van der Waals surface area contributed by atoms with Crippen molar-refractivity contribution in [2.45, 2.75) is 33.7 Å². The van der Waals surface area contributed by atoms with Crippen molar-refractivity contribution in [3.8, 4) is 0 Å². The van der Waals surface area contributed by atoms with Gasteiger partial charge in [-0.1, -0.05) is 6.92 Å². The van der Waals surface area contributed by atoms with Gasteiger partial charge in [0, 0.05) is 19.1 Å². The molecular formula is C11H26N4. The molecule has 0 aliphatic heterocycles. The maximum absolute atomic E-state index is 4.49. The van der Waals surface area contributed by atoms with Crippen LogP contribution in [0.15, 0.2) is 4.99 Å². The summed E-state index contributed by atoms with van der Waals surface area (Å²) in [7, 11) is 2.11. The lowest BCUT2D eigenvalue weighted by Crippen LogP contribution is -2.41. The van der Waals surface area contributed by atoms with Crippen molar-refractivity contribution in [3.63, 3.8) is 0 Å². The van der Waals surface area contributed by atoms with E-state index in [1.165, 1.54) is 0 Å². The van der Waals surface area contributed by atoms with Crippen LogP contribution in [0.4, 0.5) is 0 Å². The molecule has 0 amide bonds. The first-order chi connectivity index (χ1) is 7.10. The Balaban J connectivity index is 3.93. The van der Waals surface area contributed by atoms with Crippen molar-refractivity contribution in [2.75, 3.05) is 33.2 Å². The zero-order valence-corrected chi connectivity index (χ0v) is 10.8. The van der Waals surface area contributed by atoms with E-state index in [9.17, 15) is 0 Å². The molecule has 15 heavy (non-hydrogen) atoms. The molecule has 2 N–H and O–H groups in total. The van der Waals surface area contributed by atoms with E-state index >= 15 is 0 Å². The Kier molecular flexibility index (Phi) is 8.09. The Morgan fingerprint density at radius 1 is 1.33 bits per heavy atom. The Morgan fingerprint density at radius 3 is 2.47 bits per heavy atom. The monoisotopic (exact) mass is 214 g/mol. The normalized spacial score (nSPS) is 12.3. The number of hydrogen-bond acceptors (Lipinski definition) is 2. The van der Waals surface area contributed by atoms with E-state index in [1.54, 1.807) is 0 Å². The molecular weight excluding hydrogens is 188 g/mol. The molecule has 0 aliphatic rings. The molecule has 0 fully saturated rings. The zero-order chi connectivity index (χ0) is 11.7. The van der Waals surface area contributed by atoms with Crippen LogP contribution in [0.25, 0.3) is 0 Å². The van der Waals surface area contributed by atoms with Gasteiger partial charge in [-0.2, -0.15) is 0 Å². The minimum Gasteiger partial charge on any atom is -0.357 e. The van der Waals surface area contributed by atoms with E-state index in [2.05, 4.69) is 55.3 Å². The fourth-order valence-electron chi connectivity index (χ4n) is 1.08. The topological polar surface area (TPSA) is 39.7 Å². The first kappa shape index (κ1) is 14.2. The quantitative estimate of drug-likeness (QED) is 0.510. The van der Waals surface area contributed by atoms with E-state index in [4.69, 9.17) is 0 Å². The van der Waals surface area contributed by atoms with Crippen molar-refractivity contribution >= 4 is 5.96 Å². The van der Waals surface area contributed by atoms with Crippen LogP contribution in [0, 0.1) is 0 Å². The number of hydrogen-bond donors (Lipinski definition) is 2. The summed E-state index contributed by atoms with van der Waals surface area (Å²) in [5.41, 5.74) is 0. The minimum atomic E-state index is 0.423. The highest BCUT2D eigenvalue weighted by molar-refractivity contribution is 5.79. The molecule has 0 unspecified atom stereocenters. The zero-order valence-electron chi connectivity index (χ0n) is 10.8. The highest BCUT2D eigenvalue weighted by Crippen LogP contribution is 1.83. The van der Waals surface area contributed by atoms with E-state index in [1.807, 2.05) is 0 Å². The van der Waals surface area contributed by atoms with Crippen molar-refractivity contribution < 1.29 is 0 Å². The van der Waals surface area contributed by atoms with Crippen LogP contribution in [0.3, 0.4) is 0 Å². The Morgan fingerprint density at radius 2 is 2.00 bits per heavy atom. The lowest BCUT2D eigenvalue weighted by atomic mass is 10.4. The van der Waals surface area contributed by atoms with Crippen molar-refractivity contribution in [1.29, 1.82) is 0 Å². The van der Waals surface area contributed by atoms with Gasteiger partial charge in [0.1, 0.15) is 0 Å². The van der Waals surface area contributed by atoms with Crippen LogP contribution < -0.4 is 10.6 Å². The van der Waals surface area contributed by atoms with E-state index in [-0.39, 0.29) is 0 Å². The molecule has 0 spiro atoms. The highest BCUT2D eigenvalue weighted by Gasteiger charge is 1.99. The van der Waals surface area contributed by atoms with Gasteiger partial charge < -0.3 is 15.5 Å². The summed E-state index contributed by atoms with van der Waals surface area (Å²) in [6.07, 6.45) is 0. The molecule has 4 nitrogen and oxygen atoms in total. The first-order valence-corrected chi connectivity index (χ1v) is 5.83. The number of rotatable bonds is 6. The fourth-order valence-corrected chi connectivity index (χ4v) is 1.08. The van der Waals surface area contributed by atoms with Crippen molar-refractivity contribution in [1.82, 2.24) is 15.5 Å². The summed E-state index contributed by atoms with van der Waals surface area (Å²) >= 11 is 0. The summed E-state index contributed by atoms with van der Waals surface area (Å²) in [6, 6.07) is 0.423. The Hall–Kier alpha value is -0.770. The molecule has 0 aromatic rings. The summed E-state index contributed by atoms with van der Waals surface area (Å²) in [5, 5.41) is 6.52. The van der Waals surface area contributed by atoms with Gasteiger partial charge in [0.05, 0.1) is 6.54 Å². The van der Waals surface area contributed by atoms with E-state index < -0.39 is 0 Å². The number of aliphatic imine (C=N–C) groups is 1. The molecule has 0 saturated carbocycles. The van der Waals surface area contributed by atoms with Gasteiger partial charge in [-0.15, -0.1) is 0 Å². The molecule has 0 radical (unpaired) electrons. The van der Waals surface area contributed by atoms with Crippen LogP contribution in [0.5, 0.6) is 0 Å². The molecule has 0 aromatic carbocycles. The molecule has 0 rings (SSSR count). The molecule has 0 aromatic heterocycles. The van der Waals surface area contributed by atoms with Crippen molar-refractivity contribution in [2.24, 2.45) is 4.99 Å². The maximum Gasteiger partial charge on any atom is 0.191 e. The van der Waals surface area contributed by atoms with Gasteiger partial charge in [0.25, 0.3) is 0 Å². The third-order valence-electron chi connectivity index (χ3n) is 2.06. The third-order valence-corrected chi connectivity index (χ3v) is 2.06. The number of nitrogens with one attached hydrogen (secondary N) is 2. The predicted molar refractivity (Wildman–Crippen MR) is 67.4 cm³/mol. The van der Waals surface area contributed by atoms with Crippen molar-refractivity contribution in [3.05, 3.63) is 0 Å². The van der Waals surface area contributed by atoms with Crippen LogP contribution in [-0.4, -0.2) is 50.1 Å². The summed E-state index contributed by atoms with van der Waals surface area (Å²) in [6.45, 7) is 12.3. The van der Waals surface area contributed by atoms with E-state index in [0.717, 1.165) is 32.1 Å². The summed E-state index contributed by atoms with van der Waals surface area (Å²) in [4.78, 5) is 6.75. The first-order valence-electron chi connectivity index (χ1n) is 5.83. The SMILES string of the molecule is CCNC(=NCCN(C)CC)NC(C)C. The second-order valence-corrected chi connectivity index (χ2v) is 3.96. The third kappa shape index (κ3) is 8.24. The lowest BCUT2D eigenvalue weighted by Gasteiger charge is -2.15. The average Bonchev–Trinajstić information content (AvgIpc) is 2.16. The fraction of sp³-hybridized carbons (Fsp3) is 0.909. The largest absolute Gasteiger partial charge is 0.357 e. The van der Waals surface area contributed by atoms with Gasteiger partial charge in [-0.3, -0.25) is 4.99 Å². The van der Waals surface area contributed by atoms with E-state index in [0.29, 0.717) is 6.04 Å². The molecule has 0 atom stereocenters. The molecule has 0 bridgehead atoms. The second-order valence-electron chi connectivity index (χ2n) is 3.96. The maximum atomic E-state index is 4.49. The van der Waals surface area contributed by atoms with Crippen LogP contribution in [0.1, 0.15) is 27.7 Å². The van der Waals surface area contributed by atoms with Gasteiger partial charge in [-0.25, -0.2) is 0 Å². The smallest absolute Gasteiger partial charge is 0.191 e. The van der Waals surface area contributed by atoms with Gasteiger partial charge in [0.15, 0.2) is 5.96 Å². The Bertz CT molecular complexity index is 177. The minimum absolute atomic E-state index is 0.423. The molecule has 0 heterocycles. The average molecular weight is 214 g/mol. The highest BCUT2D eigenvalue weighted by atomic mass is 15.2. The molecule has 0 aliphatic carbocycles. The summed E-state index contributed by atoms with van der Waals surface area (Å²) < 4.78 is 0. The van der Waals surface area contributed by atoms with Crippen LogP contribution in [-0.2, 0) is 0 Å². The number of nitrogens with zero attached hydrogens (tertiary/aromatic N) is 2. The second kappa shape index (κ2) is 8.53. The lowest BCUT2D eigenvalue weighted by molar-refractivity contribution is 0.363.